The van der Waals surface area contributed by atoms with Crippen LogP contribution in [0.4, 0.5) is 0 Å². The van der Waals surface area contributed by atoms with Gasteiger partial charge in [0.05, 0.1) is 13.0 Å². The van der Waals surface area contributed by atoms with Crippen molar-refractivity contribution in [2.45, 2.75) is 18.6 Å². The van der Waals surface area contributed by atoms with E-state index in [1.54, 1.807) is 12.1 Å². The van der Waals surface area contributed by atoms with Crippen molar-refractivity contribution < 1.29 is 14.3 Å². The van der Waals surface area contributed by atoms with Crippen molar-refractivity contribution in [2.24, 2.45) is 5.73 Å². The Labute approximate surface area is 174 Å². The normalized spacial score (nSPS) is 20.0. The molecule has 1 atom stereocenters. The molecule has 6 nitrogen and oxygen atoms in total. The average molecular weight is 414 g/mol. The molecule has 0 spiro atoms. The molecule has 3 aromatic rings. The summed E-state index contributed by atoms with van der Waals surface area (Å²) in [7, 11) is 0. The number of fused-ring (bicyclic) bond motifs is 1. The molecular formula is C22H24ClN3O3. The number of aromatic nitrogens is 1. The summed E-state index contributed by atoms with van der Waals surface area (Å²) in [5.74, 6) is 0.230. The summed E-state index contributed by atoms with van der Waals surface area (Å²) in [5.41, 5.74) is 7.06. The van der Waals surface area contributed by atoms with E-state index < -0.39 is 11.5 Å². The second-order valence-electron chi connectivity index (χ2n) is 7.53. The van der Waals surface area contributed by atoms with E-state index in [2.05, 4.69) is 34.1 Å². The van der Waals surface area contributed by atoms with Crippen LogP contribution in [0.15, 0.2) is 54.7 Å². The van der Waals surface area contributed by atoms with Crippen LogP contribution in [0.25, 0.3) is 10.9 Å². The van der Waals surface area contributed by atoms with Crippen molar-refractivity contribution in [3.05, 3.63) is 65.3 Å². The highest BCUT2D eigenvalue weighted by atomic mass is 35.5. The highest BCUT2D eigenvalue weighted by molar-refractivity contribution is 6.30. The number of aromatic amines is 1. The second kappa shape index (κ2) is 8.45. The fourth-order valence-electron chi connectivity index (χ4n) is 3.84. The topological polar surface area (TPSA) is 80.6 Å². The number of ether oxygens (including phenoxy) is 2. The third-order valence-corrected chi connectivity index (χ3v) is 5.38. The summed E-state index contributed by atoms with van der Waals surface area (Å²) >= 11 is 6.04. The van der Waals surface area contributed by atoms with Crippen molar-refractivity contribution >= 4 is 28.4 Å². The lowest BCUT2D eigenvalue weighted by molar-refractivity contribution is -0.148. The summed E-state index contributed by atoms with van der Waals surface area (Å²) in [4.78, 5) is 17.3. The highest BCUT2D eigenvalue weighted by Gasteiger charge is 2.39. The van der Waals surface area contributed by atoms with Crippen LogP contribution in [-0.4, -0.2) is 47.7 Å². The molecule has 0 aliphatic carbocycles. The summed E-state index contributed by atoms with van der Waals surface area (Å²) in [6.07, 6.45) is 2.04. The van der Waals surface area contributed by atoms with E-state index in [0.29, 0.717) is 23.9 Å². The number of rotatable bonds is 7. The summed E-state index contributed by atoms with van der Waals surface area (Å²) in [6, 6.07) is 15.6. The van der Waals surface area contributed by atoms with Crippen molar-refractivity contribution in [2.75, 3.05) is 26.3 Å². The SMILES string of the molecule is NC(=O)CC1(COc2cccc(Cl)c2)CN(Cc2ccc3cc[nH]c3c2)CCO1. The summed E-state index contributed by atoms with van der Waals surface area (Å²) < 4.78 is 12.0. The zero-order chi connectivity index (χ0) is 20.3. The number of amides is 1. The van der Waals surface area contributed by atoms with Crippen LogP contribution in [0.3, 0.4) is 0 Å². The molecule has 0 bridgehead atoms. The number of primary amides is 1. The van der Waals surface area contributed by atoms with Gasteiger partial charge in [-0.05, 0) is 41.3 Å². The Hall–Kier alpha value is -2.54. The van der Waals surface area contributed by atoms with Crippen molar-refractivity contribution in [1.82, 2.24) is 9.88 Å². The lowest BCUT2D eigenvalue weighted by atomic mass is 9.97. The largest absolute Gasteiger partial charge is 0.490 e. The monoisotopic (exact) mass is 413 g/mol. The fourth-order valence-corrected chi connectivity index (χ4v) is 4.02. The molecule has 1 aromatic heterocycles. The van der Waals surface area contributed by atoms with Gasteiger partial charge in [-0.3, -0.25) is 9.69 Å². The van der Waals surface area contributed by atoms with E-state index >= 15 is 0 Å². The molecule has 0 radical (unpaired) electrons. The van der Waals surface area contributed by atoms with Crippen LogP contribution in [0.1, 0.15) is 12.0 Å². The number of nitrogens with two attached hydrogens (primary N) is 1. The Balaban J connectivity index is 1.48. The maximum Gasteiger partial charge on any atom is 0.220 e. The molecule has 2 heterocycles. The van der Waals surface area contributed by atoms with Gasteiger partial charge in [0.2, 0.25) is 5.91 Å². The number of morpholine rings is 1. The van der Waals surface area contributed by atoms with Gasteiger partial charge in [-0.1, -0.05) is 29.8 Å². The molecule has 1 unspecified atom stereocenters. The first kappa shape index (κ1) is 19.8. The Kier molecular flexibility index (Phi) is 5.76. The van der Waals surface area contributed by atoms with E-state index in [-0.39, 0.29) is 13.0 Å². The molecule has 1 aliphatic heterocycles. The minimum Gasteiger partial charge on any atom is -0.490 e. The first-order chi connectivity index (χ1) is 14.0. The summed E-state index contributed by atoms with van der Waals surface area (Å²) in [6.45, 7) is 2.83. The quantitative estimate of drug-likeness (QED) is 0.622. The van der Waals surface area contributed by atoms with Crippen LogP contribution in [0.5, 0.6) is 5.75 Å². The lowest BCUT2D eigenvalue weighted by Gasteiger charge is -2.42. The molecule has 0 saturated carbocycles. The van der Waals surface area contributed by atoms with Gasteiger partial charge in [-0.25, -0.2) is 0 Å². The second-order valence-corrected chi connectivity index (χ2v) is 7.97. The molecule has 4 rings (SSSR count). The maximum absolute atomic E-state index is 11.8. The van der Waals surface area contributed by atoms with Crippen molar-refractivity contribution in [3.8, 4) is 5.75 Å². The fraction of sp³-hybridized carbons (Fsp3) is 0.318. The molecule has 152 valence electrons. The molecule has 1 amide bonds. The van der Waals surface area contributed by atoms with Gasteiger partial charge in [-0.2, -0.15) is 0 Å². The van der Waals surface area contributed by atoms with Gasteiger partial charge in [0, 0.05) is 36.4 Å². The number of benzene rings is 2. The molecule has 1 saturated heterocycles. The number of H-pyrrole nitrogens is 1. The molecule has 7 heteroatoms. The maximum atomic E-state index is 11.8. The number of carbonyl (C=O) groups excluding carboxylic acids is 1. The van der Waals surface area contributed by atoms with E-state index in [9.17, 15) is 4.79 Å². The number of nitrogens with zero attached hydrogens (tertiary/aromatic N) is 1. The van der Waals surface area contributed by atoms with Crippen LogP contribution in [0.2, 0.25) is 5.02 Å². The van der Waals surface area contributed by atoms with Gasteiger partial charge in [0.25, 0.3) is 0 Å². The first-order valence-corrected chi connectivity index (χ1v) is 9.98. The van der Waals surface area contributed by atoms with Gasteiger partial charge in [0.1, 0.15) is 18.0 Å². The molecule has 29 heavy (non-hydrogen) atoms. The predicted molar refractivity (Wildman–Crippen MR) is 113 cm³/mol. The van der Waals surface area contributed by atoms with Gasteiger partial charge < -0.3 is 20.2 Å². The van der Waals surface area contributed by atoms with Gasteiger partial charge in [-0.15, -0.1) is 0 Å². The summed E-state index contributed by atoms with van der Waals surface area (Å²) in [5, 5.41) is 1.78. The van der Waals surface area contributed by atoms with Crippen LogP contribution < -0.4 is 10.5 Å². The molecular weight excluding hydrogens is 390 g/mol. The molecule has 3 N–H and O–H groups in total. The van der Waals surface area contributed by atoms with E-state index in [1.807, 2.05) is 18.3 Å². The zero-order valence-corrected chi connectivity index (χ0v) is 16.8. The average Bonchev–Trinajstić information content (AvgIpc) is 3.14. The Morgan fingerprint density at radius 1 is 1.28 bits per heavy atom. The van der Waals surface area contributed by atoms with Crippen LogP contribution >= 0.6 is 11.6 Å². The Bertz CT molecular complexity index is 1010. The minimum absolute atomic E-state index is 0.0970. The third-order valence-electron chi connectivity index (χ3n) is 5.15. The van der Waals surface area contributed by atoms with E-state index in [1.165, 1.54) is 10.9 Å². The van der Waals surface area contributed by atoms with Crippen molar-refractivity contribution in [1.29, 1.82) is 0 Å². The standard InChI is InChI=1S/C22H24ClN3O3/c23-18-2-1-3-19(11-18)28-15-22(12-21(24)27)14-26(8-9-29-22)13-16-4-5-17-6-7-25-20(17)10-16/h1-7,10-11,25H,8-9,12-15H2,(H2,24,27). The van der Waals surface area contributed by atoms with Gasteiger partial charge >= 0.3 is 0 Å². The van der Waals surface area contributed by atoms with Gasteiger partial charge in [0.15, 0.2) is 0 Å². The number of halogens is 1. The molecule has 1 fully saturated rings. The Morgan fingerprint density at radius 3 is 3.00 bits per heavy atom. The first-order valence-electron chi connectivity index (χ1n) is 9.60. The number of hydrogen-bond acceptors (Lipinski definition) is 4. The zero-order valence-electron chi connectivity index (χ0n) is 16.1. The third kappa shape index (κ3) is 4.90. The minimum atomic E-state index is -0.789. The number of hydrogen-bond donors (Lipinski definition) is 2. The molecule has 1 aliphatic rings. The van der Waals surface area contributed by atoms with Crippen molar-refractivity contribution in [3.63, 3.8) is 0 Å². The predicted octanol–water partition coefficient (Wildman–Crippen LogP) is 3.35. The lowest BCUT2D eigenvalue weighted by Crippen LogP contribution is -2.56. The number of carbonyl (C=O) groups is 1. The van der Waals surface area contributed by atoms with Crippen LogP contribution in [-0.2, 0) is 16.1 Å². The van der Waals surface area contributed by atoms with Crippen LogP contribution in [0, 0.1) is 0 Å². The smallest absolute Gasteiger partial charge is 0.220 e. The molecule has 2 aromatic carbocycles. The Morgan fingerprint density at radius 2 is 2.17 bits per heavy atom. The van der Waals surface area contributed by atoms with E-state index in [0.717, 1.165) is 18.6 Å². The van der Waals surface area contributed by atoms with E-state index in [4.69, 9.17) is 26.8 Å². The number of nitrogens with one attached hydrogen (secondary N) is 1. The highest BCUT2D eigenvalue weighted by Crippen LogP contribution is 2.26.